The minimum atomic E-state index is -0.164. The largest absolute Gasteiger partial charge is 0.486 e. The summed E-state index contributed by atoms with van der Waals surface area (Å²) >= 11 is 0. The first-order chi connectivity index (χ1) is 14.7. The molecule has 1 aromatic carbocycles. The Bertz CT molecular complexity index is 1250. The molecular formula is C23H20N4O3. The molecule has 4 aromatic rings. The second-order valence-electron chi connectivity index (χ2n) is 7.15. The maximum atomic E-state index is 12.5. The van der Waals surface area contributed by atoms with E-state index >= 15 is 0 Å². The lowest BCUT2D eigenvalue weighted by molar-refractivity contribution is -0.115. The molecule has 1 aliphatic rings. The molecule has 4 heterocycles. The van der Waals surface area contributed by atoms with E-state index in [0.717, 1.165) is 28.2 Å². The van der Waals surface area contributed by atoms with Crippen LogP contribution in [0, 0.1) is 6.92 Å². The van der Waals surface area contributed by atoms with Crippen LogP contribution in [-0.2, 0) is 11.2 Å². The normalized spacial score (nSPS) is 12.7. The molecule has 30 heavy (non-hydrogen) atoms. The highest BCUT2D eigenvalue weighted by molar-refractivity contribution is 5.91. The average molecular weight is 400 g/mol. The molecule has 7 heteroatoms. The third-order valence-corrected chi connectivity index (χ3v) is 4.92. The van der Waals surface area contributed by atoms with Crippen LogP contribution in [-0.4, -0.2) is 33.5 Å². The van der Waals surface area contributed by atoms with Gasteiger partial charge in [-0.25, -0.2) is 9.97 Å². The number of imidazole rings is 1. The highest BCUT2D eigenvalue weighted by Crippen LogP contribution is 2.34. The van der Waals surface area contributed by atoms with Crippen molar-refractivity contribution < 1.29 is 14.3 Å². The van der Waals surface area contributed by atoms with Gasteiger partial charge in [-0.05, 0) is 48.9 Å². The van der Waals surface area contributed by atoms with Gasteiger partial charge in [-0.15, -0.1) is 0 Å². The monoisotopic (exact) mass is 400 g/mol. The van der Waals surface area contributed by atoms with Crippen LogP contribution in [0.2, 0.25) is 0 Å². The van der Waals surface area contributed by atoms with Crippen LogP contribution in [0.25, 0.3) is 16.9 Å². The van der Waals surface area contributed by atoms with E-state index in [1.165, 1.54) is 0 Å². The number of pyridine rings is 2. The summed E-state index contributed by atoms with van der Waals surface area (Å²) in [4.78, 5) is 21.7. The molecule has 0 atom stereocenters. The average Bonchev–Trinajstić information content (AvgIpc) is 3.17. The van der Waals surface area contributed by atoms with Crippen molar-refractivity contribution in [3.8, 4) is 22.8 Å². The summed E-state index contributed by atoms with van der Waals surface area (Å²) in [7, 11) is 0. The lowest BCUT2D eigenvalue weighted by Crippen LogP contribution is -2.16. The van der Waals surface area contributed by atoms with Gasteiger partial charge in [0.05, 0.1) is 17.8 Å². The first-order valence-corrected chi connectivity index (χ1v) is 9.76. The minimum absolute atomic E-state index is 0.164. The highest BCUT2D eigenvalue weighted by atomic mass is 16.6. The molecule has 1 amide bonds. The third-order valence-electron chi connectivity index (χ3n) is 4.92. The van der Waals surface area contributed by atoms with E-state index in [4.69, 9.17) is 9.47 Å². The summed E-state index contributed by atoms with van der Waals surface area (Å²) in [6.07, 6.45) is 3.98. The Labute approximate surface area is 173 Å². The van der Waals surface area contributed by atoms with Crippen molar-refractivity contribution >= 4 is 17.4 Å². The van der Waals surface area contributed by atoms with Gasteiger partial charge in [-0.3, -0.25) is 4.79 Å². The van der Waals surface area contributed by atoms with Crippen molar-refractivity contribution in [2.45, 2.75) is 13.3 Å². The lowest BCUT2D eigenvalue weighted by Gasteiger charge is -2.18. The van der Waals surface area contributed by atoms with Gasteiger partial charge < -0.3 is 19.2 Å². The van der Waals surface area contributed by atoms with Gasteiger partial charge in [-0.2, -0.15) is 0 Å². The summed E-state index contributed by atoms with van der Waals surface area (Å²) in [5.74, 6) is 1.77. The fraction of sp³-hybridized carbons (Fsp3) is 0.174. The molecule has 5 rings (SSSR count). The highest BCUT2D eigenvalue weighted by Gasteiger charge is 2.14. The van der Waals surface area contributed by atoms with Gasteiger partial charge in [0.2, 0.25) is 5.91 Å². The van der Waals surface area contributed by atoms with E-state index < -0.39 is 0 Å². The van der Waals surface area contributed by atoms with Crippen molar-refractivity contribution in [1.29, 1.82) is 0 Å². The number of anilines is 1. The van der Waals surface area contributed by atoms with Crippen molar-refractivity contribution in [2.24, 2.45) is 0 Å². The zero-order valence-corrected chi connectivity index (χ0v) is 16.5. The Morgan fingerprint density at radius 3 is 2.80 bits per heavy atom. The van der Waals surface area contributed by atoms with Crippen LogP contribution in [0.15, 0.2) is 60.9 Å². The van der Waals surface area contributed by atoms with Gasteiger partial charge in [0.15, 0.2) is 11.5 Å². The summed E-state index contributed by atoms with van der Waals surface area (Å²) in [6.45, 7) is 3.08. The minimum Gasteiger partial charge on any atom is -0.486 e. The molecule has 0 unspecified atom stereocenters. The number of carbonyl (C=O) groups excluding carboxylic acids is 1. The number of aromatic nitrogens is 3. The maximum Gasteiger partial charge on any atom is 0.231 e. The van der Waals surface area contributed by atoms with Gasteiger partial charge >= 0.3 is 0 Å². The van der Waals surface area contributed by atoms with Crippen LogP contribution >= 0.6 is 0 Å². The molecule has 7 nitrogen and oxygen atoms in total. The smallest absolute Gasteiger partial charge is 0.231 e. The molecule has 0 aliphatic carbocycles. The SMILES string of the molecule is Cc1cccn2cc(CC(=O)Nc3cccc(-c4ccc5c(c4)OCCO5)n3)nc12. The van der Waals surface area contributed by atoms with Crippen LogP contribution in [0.3, 0.4) is 0 Å². The number of fused-ring (bicyclic) bond motifs is 2. The number of nitrogens with one attached hydrogen (secondary N) is 1. The second-order valence-corrected chi connectivity index (χ2v) is 7.15. The molecule has 0 saturated heterocycles. The van der Waals surface area contributed by atoms with Crippen molar-refractivity contribution in [3.05, 3.63) is 72.2 Å². The second kappa shape index (κ2) is 7.51. The van der Waals surface area contributed by atoms with E-state index in [1.807, 2.05) is 66.2 Å². The number of hydrogen-bond donors (Lipinski definition) is 1. The zero-order chi connectivity index (χ0) is 20.5. The molecule has 0 radical (unpaired) electrons. The number of hydrogen-bond acceptors (Lipinski definition) is 5. The van der Waals surface area contributed by atoms with Crippen molar-refractivity contribution in [1.82, 2.24) is 14.4 Å². The molecule has 3 aromatic heterocycles. The van der Waals surface area contributed by atoms with Crippen LogP contribution in [0.5, 0.6) is 11.5 Å². The van der Waals surface area contributed by atoms with Gasteiger partial charge in [-0.1, -0.05) is 12.1 Å². The Hall–Kier alpha value is -3.87. The zero-order valence-electron chi connectivity index (χ0n) is 16.5. The molecule has 1 aliphatic heterocycles. The van der Waals surface area contributed by atoms with E-state index in [2.05, 4.69) is 15.3 Å². The van der Waals surface area contributed by atoms with Crippen LogP contribution in [0.1, 0.15) is 11.3 Å². The van der Waals surface area contributed by atoms with E-state index in [0.29, 0.717) is 30.5 Å². The topological polar surface area (TPSA) is 77.8 Å². The van der Waals surface area contributed by atoms with E-state index in [1.54, 1.807) is 6.07 Å². The Kier molecular flexibility index (Phi) is 4.55. The molecule has 1 N–H and O–H groups in total. The quantitative estimate of drug-likeness (QED) is 0.566. The predicted octanol–water partition coefficient (Wildman–Crippen LogP) is 3.66. The van der Waals surface area contributed by atoms with E-state index in [9.17, 15) is 4.79 Å². The Morgan fingerprint density at radius 1 is 1.07 bits per heavy atom. The third kappa shape index (κ3) is 3.57. The molecular weight excluding hydrogens is 380 g/mol. The maximum absolute atomic E-state index is 12.5. The first-order valence-electron chi connectivity index (χ1n) is 9.76. The van der Waals surface area contributed by atoms with Gasteiger partial charge in [0.1, 0.15) is 24.7 Å². The summed E-state index contributed by atoms with van der Waals surface area (Å²) in [6, 6.07) is 15.2. The molecule has 0 spiro atoms. The number of ether oxygens (including phenoxy) is 2. The van der Waals surface area contributed by atoms with Crippen LogP contribution < -0.4 is 14.8 Å². The lowest BCUT2D eigenvalue weighted by atomic mass is 10.1. The summed E-state index contributed by atoms with van der Waals surface area (Å²) < 4.78 is 13.1. The molecule has 150 valence electrons. The predicted molar refractivity (Wildman–Crippen MR) is 113 cm³/mol. The molecule has 0 bridgehead atoms. The van der Waals surface area contributed by atoms with Gasteiger partial charge in [0.25, 0.3) is 0 Å². The fourth-order valence-electron chi connectivity index (χ4n) is 3.51. The van der Waals surface area contributed by atoms with Crippen molar-refractivity contribution in [3.63, 3.8) is 0 Å². The van der Waals surface area contributed by atoms with E-state index in [-0.39, 0.29) is 12.3 Å². The number of carbonyl (C=O) groups is 1. The summed E-state index contributed by atoms with van der Waals surface area (Å²) in [5, 5.41) is 2.87. The number of amides is 1. The Balaban J connectivity index is 1.32. The fourth-order valence-corrected chi connectivity index (χ4v) is 3.51. The number of aryl methyl sites for hydroxylation is 1. The molecule has 0 fully saturated rings. The van der Waals surface area contributed by atoms with Crippen molar-refractivity contribution in [2.75, 3.05) is 18.5 Å². The Morgan fingerprint density at radius 2 is 1.93 bits per heavy atom. The molecule has 0 saturated carbocycles. The number of nitrogens with zero attached hydrogens (tertiary/aromatic N) is 3. The van der Waals surface area contributed by atoms with Crippen LogP contribution in [0.4, 0.5) is 5.82 Å². The standard InChI is InChI=1S/C23H20N4O3/c1-15-4-3-9-27-14-17(24-23(15)27)13-22(28)26-21-6-2-5-18(25-21)16-7-8-19-20(12-16)30-11-10-29-19/h2-9,12,14H,10-11,13H2,1H3,(H,25,26,28). The summed E-state index contributed by atoms with van der Waals surface area (Å²) in [5.41, 5.74) is 4.28. The number of benzene rings is 1. The first kappa shape index (κ1) is 18.2. The van der Waals surface area contributed by atoms with Gasteiger partial charge in [0, 0.05) is 18.0 Å². The number of rotatable bonds is 4.